The molecule has 7 heteroatoms. The molecule has 2 rings (SSSR count). The van der Waals surface area contributed by atoms with Crippen LogP contribution in [0.5, 0.6) is 0 Å². The van der Waals surface area contributed by atoms with Gasteiger partial charge in [0.25, 0.3) is 0 Å². The summed E-state index contributed by atoms with van der Waals surface area (Å²) >= 11 is 0. The highest BCUT2D eigenvalue weighted by molar-refractivity contribution is 7.89. The molecule has 0 unspecified atom stereocenters. The Kier molecular flexibility index (Phi) is 3.29. The quantitative estimate of drug-likeness (QED) is 0.833. The van der Waals surface area contributed by atoms with E-state index in [1.165, 1.54) is 0 Å². The van der Waals surface area contributed by atoms with E-state index in [1.54, 1.807) is 0 Å². The third-order valence-electron chi connectivity index (χ3n) is 3.38. The van der Waals surface area contributed by atoms with Crippen LogP contribution in [-0.2, 0) is 10.0 Å². The van der Waals surface area contributed by atoms with Crippen molar-refractivity contribution in [1.82, 2.24) is 9.97 Å². The smallest absolute Gasteiger partial charge is 0.213 e. The van der Waals surface area contributed by atoms with Crippen LogP contribution in [0.15, 0.2) is 0 Å². The normalized spacial score (nSPS) is 20.4. The first-order valence-electron chi connectivity index (χ1n) is 5.87. The van der Waals surface area contributed by atoms with Gasteiger partial charge in [-0.15, -0.1) is 0 Å². The molecule has 0 spiro atoms. The molecule has 100 valence electrons. The summed E-state index contributed by atoms with van der Waals surface area (Å²) in [6, 6.07) is 0. The average molecular weight is 270 g/mol. The van der Waals surface area contributed by atoms with Crippen molar-refractivity contribution >= 4 is 15.8 Å². The number of sulfonamides is 1. The highest BCUT2D eigenvalue weighted by Crippen LogP contribution is 2.25. The van der Waals surface area contributed by atoms with Crippen LogP contribution in [0.25, 0.3) is 0 Å². The predicted octanol–water partition coefficient (Wildman–Crippen LogP) is 0.269. The number of rotatable bonds is 2. The lowest BCUT2D eigenvalue weighted by molar-refractivity contribution is 0.585. The predicted molar refractivity (Wildman–Crippen MR) is 70.0 cm³/mol. The minimum atomic E-state index is -3.46. The lowest BCUT2D eigenvalue weighted by Crippen LogP contribution is -2.32. The molecule has 2 N–H and O–H groups in total. The van der Waals surface area contributed by atoms with Crippen LogP contribution in [0.1, 0.15) is 23.5 Å². The van der Waals surface area contributed by atoms with Crippen molar-refractivity contribution < 1.29 is 8.42 Å². The number of anilines is 1. The monoisotopic (exact) mass is 270 g/mol. The molecule has 0 aliphatic carbocycles. The van der Waals surface area contributed by atoms with Crippen LogP contribution in [0.4, 0.5) is 5.82 Å². The molecule has 1 saturated heterocycles. The SMILES string of the molecule is Cc1nc(C)c(C)c(N2CC[C@H](S(N)(=O)=O)C2)n1. The van der Waals surface area contributed by atoms with Gasteiger partial charge in [-0.1, -0.05) is 0 Å². The molecule has 1 aromatic heterocycles. The minimum Gasteiger partial charge on any atom is -0.355 e. The Labute approximate surface area is 107 Å². The average Bonchev–Trinajstić information content (AvgIpc) is 2.71. The van der Waals surface area contributed by atoms with Gasteiger partial charge in [-0.2, -0.15) is 0 Å². The van der Waals surface area contributed by atoms with Gasteiger partial charge >= 0.3 is 0 Å². The molecule has 18 heavy (non-hydrogen) atoms. The van der Waals surface area contributed by atoms with E-state index in [-0.39, 0.29) is 0 Å². The Bertz CT molecular complexity index is 571. The van der Waals surface area contributed by atoms with Gasteiger partial charge in [-0.05, 0) is 27.2 Å². The number of hydrogen-bond acceptors (Lipinski definition) is 5. The number of nitrogens with two attached hydrogens (primary N) is 1. The minimum absolute atomic E-state index is 0.412. The highest BCUT2D eigenvalue weighted by atomic mass is 32.2. The fraction of sp³-hybridized carbons (Fsp3) is 0.636. The number of aromatic nitrogens is 2. The van der Waals surface area contributed by atoms with Gasteiger partial charge < -0.3 is 4.90 Å². The second kappa shape index (κ2) is 4.47. The number of hydrogen-bond donors (Lipinski definition) is 1. The second-order valence-corrected chi connectivity index (χ2v) is 6.60. The summed E-state index contributed by atoms with van der Waals surface area (Å²) in [5, 5.41) is 4.70. The Balaban J connectivity index is 2.30. The van der Waals surface area contributed by atoms with Crippen molar-refractivity contribution in [2.24, 2.45) is 5.14 Å². The number of primary sulfonamides is 1. The Morgan fingerprint density at radius 1 is 1.28 bits per heavy atom. The van der Waals surface area contributed by atoms with E-state index in [0.717, 1.165) is 17.1 Å². The number of nitrogens with zero attached hydrogens (tertiary/aromatic N) is 3. The second-order valence-electron chi connectivity index (χ2n) is 4.75. The fourth-order valence-corrected chi connectivity index (χ4v) is 3.07. The Morgan fingerprint density at radius 3 is 2.50 bits per heavy atom. The van der Waals surface area contributed by atoms with Crippen molar-refractivity contribution in [1.29, 1.82) is 0 Å². The largest absolute Gasteiger partial charge is 0.355 e. The maximum atomic E-state index is 11.3. The van der Waals surface area contributed by atoms with E-state index >= 15 is 0 Å². The lowest BCUT2D eigenvalue weighted by Gasteiger charge is -2.20. The van der Waals surface area contributed by atoms with Crippen LogP contribution < -0.4 is 10.0 Å². The molecule has 1 atom stereocenters. The summed E-state index contributed by atoms with van der Waals surface area (Å²) in [5.74, 6) is 1.53. The van der Waals surface area contributed by atoms with Crippen LogP contribution >= 0.6 is 0 Å². The van der Waals surface area contributed by atoms with Gasteiger partial charge in [-0.3, -0.25) is 0 Å². The van der Waals surface area contributed by atoms with Gasteiger partial charge in [-0.25, -0.2) is 23.5 Å². The molecule has 0 aromatic carbocycles. The van der Waals surface area contributed by atoms with E-state index in [9.17, 15) is 8.42 Å². The van der Waals surface area contributed by atoms with Crippen LogP contribution in [-0.4, -0.2) is 36.7 Å². The van der Waals surface area contributed by atoms with Crippen LogP contribution in [0, 0.1) is 20.8 Å². The van der Waals surface area contributed by atoms with E-state index < -0.39 is 15.3 Å². The molecule has 1 aliphatic heterocycles. The third-order valence-corrected chi connectivity index (χ3v) is 4.70. The summed E-state index contributed by atoms with van der Waals surface area (Å²) in [6.45, 7) is 6.80. The standard InChI is InChI=1S/C11H18N4O2S/c1-7-8(2)13-9(3)14-11(7)15-5-4-10(6-15)18(12,16)17/h10H,4-6H2,1-3H3,(H2,12,16,17)/t10-/m0/s1. The zero-order valence-corrected chi connectivity index (χ0v) is 11.7. The molecule has 2 heterocycles. The first-order chi connectivity index (χ1) is 8.29. The number of aryl methyl sites for hydroxylation is 2. The first kappa shape index (κ1) is 13.2. The van der Waals surface area contributed by atoms with Crippen molar-refractivity contribution in [2.75, 3.05) is 18.0 Å². The lowest BCUT2D eigenvalue weighted by atomic mass is 10.2. The molecular weight excluding hydrogens is 252 g/mol. The molecular formula is C11H18N4O2S. The van der Waals surface area contributed by atoms with E-state index in [0.29, 0.717) is 25.3 Å². The zero-order valence-electron chi connectivity index (χ0n) is 10.8. The fourth-order valence-electron chi connectivity index (χ4n) is 2.25. The molecule has 1 aliphatic rings. The topological polar surface area (TPSA) is 89.2 Å². The summed E-state index contributed by atoms with van der Waals surface area (Å²) in [6.07, 6.45) is 0.556. The maximum Gasteiger partial charge on any atom is 0.213 e. The van der Waals surface area contributed by atoms with Gasteiger partial charge in [0.05, 0.1) is 5.25 Å². The Hall–Kier alpha value is -1.21. The van der Waals surface area contributed by atoms with E-state index in [1.807, 2.05) is 25.7 Å². The molecule has 0 amide bonds. The summed E-state index contributed by atoms with van der Waals surface area (Å²) in [5.41, 5.74) is 1.92. The van der Waals surface area contributed by atoms with Crippen molar-refractivity contribution in [2.45, 2.75) is 32.4 Å². The summed E-state index contributed by atoms with van der Waals surface area (Å²) in [7, 11) is -3.46. The van der Waals surface area contributed by atoms with E-state index in [4.69, 9.17) is 5.14 Å². The van der Waals surface area contributed by atoms with Crippen molar-refractivity contribution in [3.63, 3.8) is 0 Å². The van der Waals surface area contributed by atoms with Gasteiger partial charge in [0, 0.05) is 24.3 Å². The van der Waals surface area contributed by atoms with Crippen molar-refractivity contribution in [3.05, 3.63) is 17.1 Å². The Morgan fingerprint density at radius 2 is 1.94 bits per heavy atom. The molecule has 1 aromatic rings. The van der Waals surface area contributed by atoms with Crippen LogP contribution in [0.3, 0.4) is 0 Å². The van der Waals surface area contributed by atoms with Gasteiger partial charge in [0.2, 0.25) is 10.0 Å². The van der Waals surface area contributed by atoms with Crippen molar-refractivity contribution in [3.8, 4) is 0 Å². The maximum absolute atomic E-state index is 11.3. The van der Waals surface area contributed by atoms with Gasteiger partial charge in [0.15, 0.2) is 0 Å². The summed E-state index contributed by atoms with van der Waals surface area (Å²) < 4.78 is 22.7. The highest BCUT2D eigenvalue weighted by Gasteiger charge is 2.32. The molecule has 6 nitrogen and oxygen atoms in total. The first-order valence-corrected chi connectivity index (χ1v) is 7.48. The molecule has 0 saturated carbocycles. The van der Waals surface area contributed by atoms with E-state index in [2.05, 4.69) is 9.97 Å². The summed E-state index contributed by atoms with van der Waals surface area (Å²) in [4.78, 5) is 10.7. The molecule has 0 radical (unpaired) electrons. The zero-order chi connectivity index (χ0) is 13.5. The third kappa shape index (κ3) is 2.46. The van der Waals surface area contributed by atoms with Crippen LogP contribution in [0.2, 0.25) is 0 Å². The molecule has 1 fully saturated rings. The molecule has 0 bridgehead atoms. The van der Waals surface area contributed by atoms with Gasteiger partial charge in [0.1, 0.15) is 11.6 Å².